The third kappa shape index (κ3) is 3.17. The van der Waals surface area contributed by atoms with Gasteiger partial charge in [-0.2, -0.15) is 0 Å². The molecule has 0 N–H and O–H groups in total. The van der Waals surface area contributed by atoms with Crippen molar-refractivity contribution in [3.05, 3.63) is 48.3 Å². The van der Waals surface area contributed by atoms with Crippen molar-refractivity contribution < 1.29 is 0 Å². The maximum atomic E-state index is 4.31. The van der Waals surface area contributed by atoms with Gasteiger partial charge in [0.25, 0.3) is 0 Å². The predicted molar refractivity (Wildman–Crippen MR) is 86.5 cm³/mol. The predicted octanol–water partition coefficient (Wildman–Crippen LogP) is 3.90. The smallest absolute Gasteiger partial charge is 0.0973 e. The van der Waals surface area contributed by atoms with Crippen molar-refractivity contribution in [3.8, 4) is 0 Å². The molecule has 1 aliphatic rings. The lowest BCUT2D eigenvalue weighted by Crippen LogP contribution is -2.40. The first-order valence-electron chi connectivity index (χ1n) is 7.69. The summed E-state index contributed by atoms with van der Waals surface area (Å²) in [4.78, 5) is 4.90. The number of benzene rings is 1. The van der Waals surface area contributed by atoms with Crippen LogP contribution in [0.4, 0.5) is 0 Å². The van der Waals surface area contributed by atoms with Crippen molar-refractivity contribution in [3.63, 3.8) is 0 Å². The molecule has 0 atom stereocenters. The molecule has 0 unspecified atom stereocenters. The second-order valence-electron chi connectivity index (χ2n) is 6.69. The first-order chi connectivity index (χ1) is 9.42. The molecule has 1 aliphatic heterocycles. The second-order valence-corrected chi connectivity index (χ2v) is 6.69. The van der Waals surface area contributed by atoms with E-state index in [1.54, 1.807) is 0 Å². The van der Waals surface area contributed by atoms with Gasteiger partial charge in [-0.3, -0.25) is 0 Å². The Kier molecular flexibility index (Phi) is 4.42. The van der Waals surface area contributed by atoms with Gasteiger partial charge in [-0.1, -0.05) is 36.9 Å². The highest BCUT2D eigenvalue weighted by molar-refractivity contribution is 5.15. The summed E-state index contributed by atoms with van der Waals surface area (Å²) in [6, 6.07) is 11.3. The molecule has 1 aromatic carbocycles. The fraction of sp³-hybridized carbons (Fsp3) is 0.556. The van der Waals surface area contributed by atoms with Gasteiger partial charge in [0.05, 0.1) is 11.4 Å². The first-order valence-corrected chi connectivity index (χ1v) is 7.69. The van der Waals surface area contributed by atoms with Crippen LogP contribution in [0.15, 0.2) is 42.7 Å². The molecule has 2 nitrogen and oxygen atoms in total. The van der Waals surface area contributed by atoms with Crippen LogP contribution in [0.5, 0.6) is 0 Å². The van der Waals surface area contributed by atoms with Crippen LogP contribution in [0.3, 0.4) is 0 Å². The van der Waals surface area contributed by atoms with Crippen LogP contribution in [-0.4, -0.2) is 34.5 Å². The summed E-state index contributed by atoms with van der Waals surface area (Å²) in [5.41, 5.74) is 1.62. The van der Waals surface area contributed by atoms with Gasteiger partial charge in [0, 0.05) is 19.1 Å². The normalized spacial score (nSPS) is 18.1. The monoisotopic (exact) mass is 272 g/mol. The van der Waals surface area contributed by atoms with Crippen LogP contribution in [-0.2, 0) is 6.42 Å². The molecule has 0 amide bonds. The van der Waals surface area contributed by atoms with Gasteiger partial charge in [0.2, 0.25) is 0 Å². The molecular weight excluding hydrogens is 244 g/mol. The van der Waals surface area contributed by atoms with Gasteiger partial charge >= 0.3 is 0 Å². The number of aryl methyl sites for hydroxylation is 1. The van der Waals surface area contributed by atoms with E-state index < -0.39 is 0 Å². The van der Waals surface area contributed by atoms with Crippen molar-refractivity contribution in [1.82, 2.24) is 9.80 Å². The second kappa shape index (κ2) is 5.90. The van der Waals surface area contributed by atoms with Crippen LogP contribution >= 0.6 is 0 Å². The maximum Gasteiger partial charge on any atom is 0.0973 e. The third-order valence-electron chi connectivity index (χ3n) is 4.24. The molecule has 0 radical (unpaired) electrons. The summed E-state index contributed by atoms with van der Waals surface area (Å²) in [6.07, 6.45) is 2.32. The molecule has 0 saturated carbocycles. The molecule has 1 heterocycles. The van der Waals surface area contributed by atoms with Crippen molar-refractivity contribution in [2.24, 2.45) is 0 Å². The fourth-order valence-electron chi connectivity index (χ4n) is 3.10. The molecule has 1 saturated heterocycles. The molecule has 1 aromatic rings. The van der Waals surface area contributed by atoms with Gasteiger partial charge < -0.3 is 9.80 Å². The number of rotatable bonds is 5. The summed E-state index contributed by atoms with van der Waals surface area (Å²) >= 11 is 0. The minimum absolute atomic E-state index is 0.193. The van der Waals surface area contributed by atoms with E-state index in [1.807, 2.05) is 0 Å². The average molecular weight is 272 g/mol. The van der Waals surface area contributed by atoms with Crippen LogP contribution in [0.1, 0.15) is 39.7 Å². The minimum Gasteiger partial charge on any atom is -0.354 e. The van der Waals surface area contributed by atoms with Crippen LogP contribution in [0.2, 0.25) is 0 Å². The highest BCUT2D eigenvalue weighted by atomic mass is 15.4. The van der Waals surface area contributed by atoms with E-state index in [0.29, 0.717) is 6.04 Å². The summed E-state index contributed by atoms with van der Waals surface area (Å²) in [5.74, 6) is 1.19. The van der Waals surface area contributed by atoms with Crippen molar-refractivity contribution >= 4 is 0 Å². The van der Waals surface area contributed by atoms with E-state index in [0.717, 1.165) is 19.5 Å². The Morgan fingerprint density at radius 2 is 1.85 bits per heavy atom. The first kappa shape index (κ1) is 15.0. The van der Waals surface area contributed by atoms with Gasteiger partial charge in [0.15, 0.2) is 0 Å². The Hall–Kier alpha value is -1.44. The zero-order valence-corrected chi connectivity index (χ0v) is 13.4. The Morgan fingerprint density at radius 1 is 1.20 bits per heavy atom. The summed E-state index contributed by atoms with van der Waals surface area (Å²) in [5, 5.41) is 0. The van der Waals surface area contributed by atoms with E-state index >= 15 is 0 Å². The lowest BCUT2D eigenvalue weighted by atomic mass is 10.0. The summed E-state index contributed by atoms with van der Waals surface area (Å²) in [6.45, 7) is 15.6. The van der Waals surface area contributed by atoms with Crippen molar-refractivity contribution in [1.29, 1.82) is 0 Å². The molecule has 110 valence electrons. The van der Waals surface area contributed by atoms with E-state index in [9.17, 15) is 0 Å². The topological polar surface area (TPSA) is 6.48 Å². The minimum atomic E-state index is 0.193. The Labute approximate surface area is 124 Å². The van der Waals surface area contributed by atoms with E-state index in [-0.39, 0.29) is 5.54 Å². The standard InChI is InChI=1S/C18H28N2/c1-15(2)19-14-18(4,5)20(16(19)3)13-9-12-17-10-7-6-8-11-17/h6-8,10-11,15H,3,9,12-14H2,1-2,4-5H3. The molecule has 2 rings (SSSR count). The number of nitrogens with zero attached hydrogens (tertiary/aromatic N) is 2. The van der Waals surface area contributed by atoms with Gasteiger partial charge in [0.1, 0.15) is 0 Å². The Morgan fingerprint density at radius 3 is 2.40 bits per heavy atom. The van der Waals surface area contributed by atoms with E-state index in [1.165, 1.54) is 17.8 Å². The highest BCUT2D eigenvalue weighted by Gasteiger charge is 2.39. The number of hydrogen-bond acceptors (Lipinski definition) is 2. The Balaban J connectivity index is 1.93. The third-order valence-corrected chi connectivity index (χ3v) is 4.24. The Bertz CT molecular complexity index is 448. The molecule has 0 spiro atoms. The molecule has 2 heteroatoms. The largest absolute Gasteiger partial charge is 0.354 e. The van der Waals surface area contributed by atoms with Crippen LogP contribution < -0.4 is 0 Å². The zero-order chi connectivity index (χ0) is 14.8. The number of hydrogen-bond donors (Lipinski definition) is 0. The summed E-state index contributed by atoms with van der Waals surface area (Å²) in [7, 11) is 0. The lowest BCUT2D eigenvalue weighted by Gasteiger charge is -2.32. The molecule has 20 heavy (non-hydrogen) atoms. The van der Waals surface area contributed by atoms with Crippen molar-refractivity contribution in [2.75, 3.05) is 13.1 Å². The maximum absolute atomic E-state index is 4.31. The molecule has 0 aliphatic carbocycles. The highest BCUT2D eigenvalue weighted by Crippen LogP contribution is 2.32. The van der Waals surface area contributed by atoms with Crippen LogP contribution in [0.25, 0.3) is 0 Å². The SMILES string of the molecule is C=C1N(C(C)C)CC(C)(C)N1CCCc1ccccc1. The molecular formula is C18H28N2. The zero-order valence-electron chi connectivity index (χ0n) is 13.4. The molecule has 0 aromatic heterocycles. The fourth-order valence-corrected chi connectivity index (χ4v) is 3.10. The lowest BCUT2D eigenvalue weighted by molar-refractivity contribution is 0.215. The quantitative estimate of drug-likeness (QED) is 0.802. The van der Waals surface area contributed by atoms with Gasteiger partial charge in [-0.15, -0.1) is 0 Å². The molecule has 0 bridgehead atoms. The average Bonchev–Trinajstić information content (AvgIpc) is 2.63. The van der Waals surface area contributed by atoms with Crippen LogP contribution in [0, 0.1) is 0 Å². The van der Waals surface area contributed by atoms with Gasteiger partial charge in [-0.05, 0) is 46.1 Å². The summed E-state index contributed by atoms with van der Waals surface area (Å²) < 4.78 is 0. The van der Waals surface area contributed by atoms with Gasteiger partial charge in [-0.25, -0.2) is 0 Å². The molecule has 1 fully saturated rings. The van der Waals surface area contributed by atoms with E-state index in [2.05, 4.69) is 74.4 Å². The van der Waals surface area contributed by atoms with E-state index in [4.69, 9.17) is 0 Å². The van der Waals surface area contributed by atoms with Crippen molar-refractivity contribution in [2.45, 2.75) is 52.1 Å².